The van der Waals surface area contributed by atoms with Gasteiger partial charge in [-0.25, -0.2) is 17.6 Å². The first-order valence-corrected chi connectivity index (χ1v) is 14.2. The molecule has 0 bridgehead atoms. The van der Waals surface area contributed by atoms with Crippen LogP contribution in [0, 0.1) is 17.6 Å². The summed E-state index contributed by atoms with van der Waals surface area (Å²) in [6.07, 6.45) is -1.63. The molecule has 2 heterocycles. The molecule has 2 aliphatic rings. The number of hydrogen-bond acceptors (Lipinski definition) is 5. The van der Waals surface area contributed by atoms with Gasteiger partial charge >= 0.3 is 0 Å². The Balaban J connectivity index is 1.31. The molecule has 1 amide bonds. The SMILES string of the molecule is COCCOc1ccc(-c2cccnc2[C@H](Cc2cc(F)cc(F)c2)NC(=O)Cn2nc(C(F)F)c3c2C(F)(F)C2CC32)cc1. The average Bonchev–Trinajstić information content (AvgIpc) is 3.65. The molecule has 236 valence electrons. The number of ether oxygens (including phenoxy) is 2. The van der Waals surface area contributed by atoms with Gasteiger partial charge in [0.15, 0.2) is 0 Å². The van der Waals surface area contributed by atoms with E-state index in [1.54, 1.807) is 43.5 Å². The van der Waals surface area contributed by atoms with E-state index in [4.69, 9.17) is 9.47 Å². The van der Waals surface area contributed by atoms with Crippen molar-refractivity contribution in [3.05, 3.63) is 101 Å². The van der Waals surface area contributed by atoms with E-state index in [1.165, 1.54) is 6.20 Å². The number of benzene rings is 2. The Morgan fingerprint density at radius 3 is 2.49 bits per heavy atom. The van der Waals surface area contributed by atoms with Crippen molar-refractivity contribution in [2.75, 3.05) is 20.3 Å². The Hall–Kier alpha value is -4.39. The molecule has 3 atom stereocenters. The summed E-state index contributed by atoms with van der Waals surface area (Å²) in [7, 11) is 1.56. The number of pyridine rings is 1. The van der Waals surface area contributed by atoms with Crippen molar-refractivity contribution in [3.8, 4) is 16.9 Å². The Kier molecular flexibility index (Phi) is 8.29. The van der Waals surface area contributed by atoms with Crippen molar-refractivity contribution in [3.63, 3.8) is 0 Å². The maximum atomic E-state index is 15.1. The Morgan fingerprint density at radius 2 is 1.80 bits per heavy atom. The minimum atomic E-state index is -3.40. The van der Waals surface area contributed by atoms with E-state index < -0.39 is 65.7 Å². The third kappa shape index (κ3) is 6.13. The second-order valence-corrected chi connectivity index (χ2v) is 11.1. The second-order valence-electron chi connectivity index (χ2n) is 11.1. The van der Waals surface area contributed by atoms with Crippen molar-refractivity contribution >= 4 is 5.91 Å². The molecule has 0 aliphatic heterocycles. The van der Waals surface area contributed by atoms with E-state index in [2.05, 4.69) is 15.4 Å². The number of aromatic nitrogens is 3. The summed E-state index contributed by atoms with van der Waals surface area (Å²) in [4.78, 5) is 17.9. The zero-order chi connectivity index (χ0) is 31.9. The first kappa shape index (κ1) is 30.6. The molecule has 2 unspecified atom stereocenters. The van der Waals surface area contributed by atoms with Crippen LogP contribution in [0.2, 0.25) is 0 Å². The number of hydrogen-bond donors (Lipinski definition) is 1. The molecule has 7 nitrogen and oxygen atoms in total. The maximum absolute atomic E-state index is 15.1. The van der Waals surface area contributed by atoms with Crippen LogP contribution in [0.15, 0.2) is 60.8 Å². The van der Waals surface area contributed by atoms with Crippen LogP contribution < -0.4 is 10.1 Å². The van der Waals surface area contributed by atoms with Crippen LogP contribution in [0.4, 0.5) is 26.3 Å². The summed E-state index contributed by atoms with van der Waals surface area (Å²) in [5.74, 6) is -7.07. The number of rotatable bonds is 12. The lowest BCUT2D eigenvalue weighted by Gasteiger charge is -2.22. The van der Waals surface area contributed by atoms with E-state index in [0.717, 1.165) is 12.1 Å². The van der Waals surface area contributed by atoms with Crippen LogP contribution in [-0.4, -0.2) is 41.0 Å². The molecule has 13 heteroatoms. The van der Waals surface area contributed by atoms with Gasteiger partial charge in [0, 0.05) is 36.4 Å². The first-order chi connectivity index (χ1) is 21.6. The van der Waals surface area contributed by atoms with Gasteiger partial charge in [0.2, 0.25) is 5.91 Å². The predicted molar refractivity (Wildman–Crippen MR) is 150 cm³/mol. The number of nitrogens with one attached hydrogen (secondary N) is 1. The predicted octanol–water partition coefficient (Wildman–Crippen LogP) is 6.50. The minimum Gasteiger partial charge on any atom is -0.491 e. The number of halogens is 6. The lowest BCUT2D eigenvalue weighted by Crippen LogP contribution is -2.35. The standard InChI is InChI=1S/C32H28F6N4O3/c1-44-9-10-45-21-6-4-18(5-7-21)22-3-2-8-39-28(22)25(13-17-11-19(33)14-20(34)12-17)40-26(43)16-42-30-27(29(41-42)31(35)36)23-15-24(23)32(30,37)38/h2-8,11-12,14,23-25,31H,9-10,13,15-16H2,1H3,(H,40,43)/t23?,24?,25-/m0/s1. The van der Waals surface area contributed by atoms with E-state index >= 15 is 8.78 Å². The number of carbonyl (C=O) groups excluding carboxylic acids is 1. The lowest BCUT2D eigenvalue weighted by molar-refractivity contribution is -0.123. The first-order valence-electron chi connectivity index (χ1n) is 14.2. The van der Waals surface area contributed by atoms with Crippen LogP contribution in [0.5, 0.6) is 5.75 Å². The molecule has 1 N–H and O–H groups in total. The number of alkyl halides is 4. The molecular formula is C32H28F6N4O3. The highest BCUT2D eigenvalue weighted by atomic mass is 19.3. The molecule has 45 heavy (non-hydrogen) atoms. The molecule has 2 aromatic carbocycles. The molecule has 1 saturated carbocycles. The van der Waals surface area contributed by atoms with Gasteiger partial charge in [0.25, 0.3) is 12.3 Å². The Morgan fingerprint density at radius 1 is 1.07 bits per heavy atom. The normalized spacial score (nSPS) is 18.4. The fourth-order valence-corrected chi connectivity index (χ4v) is 6.05. The number of amides is 1. The zero-order valence-corrected chi connectivity index (χ0v) is 24.0. The largest absolute Gasteiger partial charge is 0.491 e. The van der Waals surface area contributed by atoms with Crippen molar-refractivity contribution in [1.29, 1.82) is 0 Å². The van der Waals surface area contributed by atoms with Gasteiger partial charge in [-0.1, -0.05) is 18.2 Å². The highest BCUT2D eigenvalue weighted by Gasteiger charge is 2.67. The van der Waals surface area contributed by atoms with Crippen molar-refractivity contribution in [1.82, 2.24) is 20.1 Å². The smallest absolute Gasteiger partial charge is 0.293 e. The highest BCUT2D eigenvalue weighted by molar-refractivity contribution is 5.77. The second kappa shape index (κ2) is 12.2. The fourth-order valence-electron chi connectivity index (χ4n) is 6.05. The molecule has 4 aromatic rings. The van der Waals surface area contributed by atoms with Gasteiger partial charge in [-0.05, 0) is 60.2 Å². The van der Waals surface area contributed by atoms with Crippen molar-refractivity contribution in [2.45, 2.75) is 43.7 Å². The van der Waals surface area contributed by atoms with Crippen LogP contribution in [0.25, 0.3) is 11.1 Å². The van der Waals surface area contributed by atoms with Crippen molar-refractivity contribution in [2.24, 2.45) is 5.92 Å². The number of carbonyl (C=O) groups is 1. The third-order valence-electron chi connectivity index (χ3n) is 8.05. The molecule has 0 radical (unpaired) electrons. The molecule has 2 aromatic heterocycles. The average molecular weight is 631 g/mol. The zero-order valence-electron chi connectivity index (χ0n) is 24.0. The number of nitrogens with zero attached hydrogens (tertiary/aromatic N) is 3. The summed E-state index contributed by atoms with van der Waals surface area (Å²) in [5.41, 5.74) is 0.209. The number of fused-ring (bicyclic) bond motifs is 3. The molecule has 0 spiro atoms. The summed E-state index contributed by atoms with van der Waals surface area (Å²) in [5, 5.41) is 6.45. The van der Waals surface area contributed by atoms with E-state index in [1.807, 2.05) is 0 Å². The minimum absolute atomic E-state index is 0.0899. The van der Waals surface area contributed by atoms with E-state index in [9.17, 15) is 22.4 Å². The van der Waals surface area contributed by atoms with Crippen LogP contribution in [-0.2, 0) is 28.4 Å². The number of methoxy groups -OCH3 is 1. The molecule has 6 rings (SSSR count). The Labute approximate surface area is 254 Å². The van der Waals surface area contributed by atoms with Gasteiger partial charge in [-0.15, -0.1) is 0 Å². The topological polar surface area (TPSA) is 78.3 Å². The molecule has 2 aliphatic carbocycles. The molecule has 0 saturated heterocycles. The molecular weight excluding hydrogens is 602 g/mol. The van der Waals surface area contributed by atoms with Gasteiger partial charge in [0.05, 0.1) is 18.3 Å². The van der Waals surface area contributed by atoms with E-state index in [-0.39, 0.29) is 24.0 Å². The van der Waals surface area contributed by atoms with Crippen molar-refractivity contribution < 1.29 is 40.6 Å². The van der Waals surface area contributed by atoms with Crippen LogP contribution >= 0.6 is 0 Å². The Bertz CT molecular complexity index is 1690. The van der Waals surface area contributed by atoms with Gasteiger partial charge in [-0.2, -0.15) is 13.9 Å². The quantitative estimate of drug-likeness (QED) is 0.143. The molecule has 1 fully saturated rings. The maximum Gasteiger partial charge on any atom is 0.293 e. The van der Waals surface area contributed by atoms with Gasteiger partial charge in [-0.3, -0.25) is 14.5 Å². The van der Waals surface area contributed by atoms with Crippen LogP contribution in [0.1, 0.15) is 53.0 Å². The highest BCUT2D eigenvalue weighted by Crippen LogP contribution is 2.68. The lowest BCUT2D eigenvalue weighted by atomic mass is 9.95. The van der Waals surface area contributed by atoms with Crippen LogP contribution in [0.3, 0.4) is 0 Å². The van der Waals surface area contributed by atoms with Gasteiger partial charge < -0.3 is 14.8 Å². The summed E-state index contributed by atoms with van der Waals surface area (Å²) in [6.45, 7) is -0.0221. The summed E-state index contributed by atoms with van der Waals surface area (Å²) < 4.78 is 97.2. The fraction of sp³-hybridized carbons (Fsp3) is 0.344. The summed E-state index contributed by atoms with van der Waals surface area (Å²) in [6, 6.07) is 12.4. The van der Waals surface area contributed by atoms with E-state index in [0.29, 0.717) is 46.5 Å². The third-order valence-corrected chi connectivity index (χ3v) is 8.05. The summed E-state index contributed by atoms with van der Waals surface area (Å²) >= 11 is 0. The van der Waals surface area contributed by atoms with Gasteiger partial charge in [0.1, 0.15) is 41.9 Å². The monoisotopic (exact) mass is 630 g/mol.